The fourth-order valence-electron chi connectivity index (χ4n) is 6.51. The number of anilines is 1. The highest BCUT2D eigenvalue weighted by Crippen LogP contribution is 2.40. The van der Waals surface area contributed by atoms with Crippen molar-refractivity contribution in [1.82, 2.24) is 4.31 Å². The van der Waals surface area contributed by atoms with E-state index in [0.29, 0.717) is 32.7 Å². The van der Waals surface area contributed by atoms with Crippen molar-refractivity contribution in [1.29, 1.82) is 0 Å². The molecule has 0 amide bonds. The average Bonchev–Trinajstić information content (AvgIpc) is 3.08. The van der Waals surface area contributed by atoms with Gasteiger partial charge in [-0.15, -0.1) is 0 Å². The van der Waals surface area contributed by atoms with E-state index in [1.165, 1.54) is 0 Å². The van der Waals surface area contributed by atoms with E-state index in [4.69, 9.17) is 24.5 Å². The molecule has 11 nitrogen and oxygen atoms in total. The van der Waals surface area contributed by atoms with E-state index < -0.39 is 22.2 Å². The van der Waals surface area contributed by atoms with Crippen LogP contribution < -0.4 is 14.4 Å². The summed E-state index contributed by atoms with van der Waals surface area (Å²) in [5.74, 6) is 1.48. The molecular weight excluding hydrogens is 618 g/mol. The second kappa shape index (κ2) is 15.9. The molecule has 0 saturated carbocycles. The van der Waals surface area contributed by atoms with Gasteiger partial charge in [-0.05, 0) is 79.2 Å². The van der Waals surface area contributed by atoms with Gasteiger partial charge in [0.25, 0.3) is 0 Å². The lowest BCUT2D eigenvalue weighted by Gasteiger charge is -2.44. The molecule has 2 heterocycles. The highest BCUT2D eigenvalue weighted by Gasteiger charge is 2.43. The molecule has 4 atom stereocenters. The van der Waals surface area contributed by atoms with Gasteiger partial charge in [0.15, 0.2) is 0 Å². The van der Waals surface area contributed by atoms with Gasteiger partial charge in [-0.25, -0.2) is 8.42 Å². The van der Waals surface area contributed by atoms with Crippen LogP contribution in [0.25, 0.3) is 10.4 Å². The van der Waals surface area contributed by atoms with Crippen molar-refractivity contribution < 1.29 is 27.4 Å². The second-order valence-corrected chi connectivity index (χ2v) is 14.2. The third-order valence-corrected chi connectivity index (χ3v) is 10.9. The zero-order valence-electron chi connectivity index (χ0n) is 27.6. The highest BCUT2D eigenvalue weighted by atomic mass is 32.2. The first-order chi connectivity index (χ1) is 22.7. The number of benzene rings is 3. The minimum absolute atomic E-state index is 0.111. The van der Waals surface area contributed by atoms with Crippen molar-refractivity contribution in [2.24, 2.45) is 5.11 Å². The number of hydrogen-bond acceptors (Lipinski definition) is 8. The molecule has 0 radical (unpaired) electrons. The normalized spacial score (nSPS) is 20.5. The number of hydrogen-bond donors (Lipinski definition) is 0. The Morgan fingerprint density at radius 3 is 2.55 bits per heavy atom. The van der Waals surface area contributed by atoms with Crippen molar-refractivity contribution in [2.75, 3.05) is 52.0 Å². The Bertz CT molecular complexity index is 1630. The van der Waals surface area contributed by atoms with Gasteiger partial charge in [0.2, 0.25) is 10.0 Å². The molecule has 5 rings (SSSR count). The van der Waals surface area contributed by atoms with Crippen molar-refractivity contribution in [3.63, 3.8) is 0 Å². The van der Waals surface area contributed by atoms with Gasteiger partial charge in [0, 0.05) is 49.7 Å². The number of rotatable bonds is 14. The van der Waals surface area contributed by atoms with E-state index in [0.717, 1.165) is 53.4 Å². The zero-order chi connectivity index (χ0) is 33.4. The Morgan fingerprint density at radius 2 is 1.85 bits per heavy atom. The van der Waals surface area contributed by atoms with Crippen LogP contribution in [0.1, 0.15) is 48.8 Å². The summed E-state index contributed by atoms with van der Waals surface area (Å²) in [6.45, 7) is 7.17. The molecule has 0 aliphatic carbocycles. The first-order valence-electron chi connectivity index (χ1n) is 16.1. The summed E-state index contributed by atoms with van der Waals surface area (Å²) in [4.78, 5) is 5.53. The van der Waals surface area contributed by atoms with E-state index in [9.17, 15) is 8.42 Å². The second-order valence-electron chi connectivity index (χ2n) is 12.3. The lowest BCUT2D eigenvalue weighted by Crippen LogP contribution is -2.53. The Labute approximate surface area is 278 Å². The topological polar surface area (TPSA) is 126 Å². The third kappa shape index (κ3) is 8.38. The summed E-state index contributed by atoms with van der Waals surface area (Å²) in [5.41, 5.74) is 13.1. The Kier molecular flexibility index (Phi) is 11.7. The number of sulfonamides is 1. The van der Waals surface area contributed by atoms with E-state index in [1.807, 2.05) is 50.2 Å². The summed E-state index contributed by atoms with van der Waals surface area (Å²) < 4.78 is 53.3. The third-order valence-electron chi connectivity index (χ3n) is 9.00. The molecule has 252 valence electrons. The monoisotopic (exact) mass is 663 g/mol. The summed E-state index contributed by atoms with van der Waals surface area (Å²) in [7, 11) is -0.545. The number of aryl methyl sites for hydroxylation is 1. The minimum atomic E-state index is -3.89. The Morgan fingerprint density at radius 1 is 1.09 bits per heavy atom. The van der Waals surface area contributed by atoms with Gasteiger partial charge in [-0.2, -0.15) is 4.31 Å². The number of azide groups is 1. The van der Waals surface area contributed by atoms with Crippen molar-refractivity contribution in [3.05, 3.63) is 93.9 Å². The number of ether oxygens (including phenoxy) is 4. The molecule has 1 saturated heterocycles. The van der Waals surface area contributed by atoms with Crippen LogP contribution in [-0.2, 0) is 26.1 Å². The van der Waals surface area contributed by atoms with E-state index >= 15 is 0 Å². The van der Waals surface area contributed by atoms with Crippen molar-refractivity contribution >= 4 is 15.7 Å². The van der Waals surface area contributed by atoms with Crippen LogP contribution in [0, 0.1) is 6.92 Å². The van der Waals surface area contributed by atoms with E-state index in [1.54, 1.807) is 42.8 Å². The number of fused-ring (bicyclic) bond motifs is 1. The molecule has 1 fully saturated rings. The van der Waals surface area contributed by atoms with Gasteiger partial charge >= 0.3 is 0 Å². The quantitative estimate of drug-likeness (QED) is 0.0839. The summed E-state index contributed by atoms with van der Waals surface area (Å²) >= 11 is 0. The van der Waals surface area contributed by atoms with Gasteiger partial charge in [0.1, 0.15) is 18.1 Å². The lowest BCUT2D eigenvalue weighted by molar-refractivity contribution is -0.0213. The Hall–Kier alpha value is -3.80. The van der Waals surface area contributed by atoms with Crippen LogP contribution in [0.2, 0.25) is 0 Å². The number of methoxy groups -OCH3 is 2. The SMILES string of the molecule is COCCCN1CCOc2ccc(CO[C@H]3CN(S(=O)(=O)c4ccc(C)cc4)[C@@H](C[C@H](C)N=[N+]=[N-])C[C@@H]3c3ccc(OC)cc3)cc21. The van der Waals surface area contributed by atoms with Crippen LogP contribution in [0.3, 0.4) is 0 Å². The van der Waals surface area contributed by atoms with E-state index in [-0.39, 0.29) is 23.4 Å². The van der Waals surface area contributed by atoms with Crippen LogP contribution >= 0.6 is 0 Å². The molecule has 2 aliphatic heterocycles. The minimum Gasteiger partial charge on any atom is -0.497 e. The van der Waals surface area contributed by atoms with E-state index in [2.05, 4.69) is 21.0 Å². The molecule has 12 heteroatoms. The van der Waals surface area contributed by atoms with Gasteiger partial charge in [0.05, 0.1) is 36.9 Å². The van der Waals surface area contributed by atoms with Gasteiger partial charge < -0.3 is 23.8 Å². The summed E-state index contributed by atoms with van der Waals surface area (Å²) in [5, 5.41) is 3.89. The molecule has 3 aromatic carbocycles. The molecule has 0 spiro atoms. The van der Waals surface area contributed by atoms with Crippen LogP contribution in [-0.4, -0.2) is 78.0 Å². The average molecular weight is 664 g/mol. The molecular formula is C35H45N5O6S. The van der Waals surface area contributed by atoms with Crippen molar-refractivity contribution in [3.8, 4) is 11.5 Å². The number of piperidine rings is 1. The fourth-order valence-corrected chi connectivity index (χ4v) is 8.17. The molecule has 47 heavy (non-hydrogen) atoms. The first-order valence-corrected chi connectivity index (χ1v) is 17.6. The molecule has 2 aliphatic rings. The maximum Gasteiger partial charge on any atom is 0.243 e. The highest BCUT2D eigenvalue weighted by molar-refractivity contribution is 7.89. The summed E-state index contributed by atoms with van der Waals surface area (Å²) in [6, 6.07) is 20.1. The standard InChI is InChI=1S/C35H45N5O6S/c1-25-6-13-31(14-7-25)47(41,42)40-23-35(32(22-29(40)20-26(2)37-38-36)28-9-11-30(44-4)12-10-28)46-24-27-8-15-34-33(21-27)39(17-19-45-34)16-5-18-43-3/h6-15,21,26,29,32,35H,5,16-20,22-24H2,1-4H3/t26-,29-,32+,35-/m0/s1. The first kappa shape index (κ1) is 34.5. The Balaban J connectivity index is 1.46. The van der Waals surface area contributed by atoms with Crippen LogP contribution in [0.5, 0.6) is 11.5 Å². The van der Waals surface area contributed by atoms with Crippen LogP contribution in [0.4, 0.5) is 5.69 Å². The smallest absolute Gasteiger partial charge is 0.243 e. The molecule has 0 bridgehead atoms. The maximum atomic E-state index is 14.2. The van der Waals surface area contributed by atoms with Crippen molar-refractivity contribution in [2.45, 2.75) is 68.7 Å². The predicted molar refractivity (Wildman–Crippen MR) is 182 cm³/mol. The van der Waals surface area contributed by atoms with Crippen LogP contribution in [0.15, 0.2) is 76.7 Å². The molecule has 0 N–H and O–H groups in total. The molecule has 0 aromatic heterocycles. The zero-order valence-corrected chi connectivity index (χ0v) is 28.4. The van der Waals surface area contributed by atoms with Gasteiger partial charge in [-0.1, -0.05) is 47.9 Å². The molecule has 3 aromatic rings. The molecule has 0 unspecified atom stereocenters. The van der Waals surface area contributed by atoms with Gasteiger partial charge in [-0.3, -0.25) is 0 Å². The summed E-state index contributed by atoms with van der Waals surface area (Å²) in [6.07, 6.45) is 1.35. The number of nitrogens with zero attached hydrogens (tertiary/aromatic N) is 5. The predicted octanol–water partition coefficient (Wildman–Crippen LogP) is 6.46. The largest absolute Gasteiger partial charge is 0.497 e. The maximum absolute atomic E-state index is 14.2. The fraction of sp³-hybridized carbons (Fsp3) is 0.486. The lowest BCUT2D eigenvalue weighted by atomic mass is 9.82.